The lowest BCUT2D eigenvalue weighted by molar-refractivity contribution is 0.0537. The zero-order chi connectivity index (χ0) is 27.5. The van der Waals surface area contributed by atoms with Gasteiger partial charge in [0, 0.05) is 13.0 Å². The first-order valence-electron chi connectivity index (χ1n) is 13.3. The van der Waals surface area contributed by atoms with E-state index < -0.39 is 19.0 Å². The zero-order valence-corrected chi connectivity index (χ0v) is 23.6. The van der Waals surface area contributed by atoms with Crippen molar-refractivity contribution < 1.29 is 9.53 Å². The highest BCUT2D eigenvalue weighted by Gasteiger charge is 2.44. The van der Waals surface area contributed by atoms with Crippen molar-refractivity contribution in [2.45, 2.75) is 39.3 Å². The lowest BCUT2D eigenvalue weighted by Gasteiger charge is -2.27. The molecule has 0 aliphatic rings. The van der Waals surface area contributed by atoms with E-state index >= 15 is 0 Å². The van der Waals surface area contributed by atoms with E-state index in [9.17, 15) is 9.59 Å². The van der Waals surface area contributed by atoms with Gasteiger partial charge < -0.3 is 4.74 Å². The SMILES string of the molecule is CC(C)(C)OC(=O)n1c(=O)n(CCC[P+](c2ccccc2)(c2ccccc2)c2ccccc2)c2ccccc21. The molecule has 5 nitrogen and oxygen atoms in total. The first kappa shape index (κ1) is 26.6. The molecule has 0 radical (unpaired) electrons. The maximum atomic E-state index is 13.6. The van der Waals surface area contributed by atoms with Crippen LogP contribution in [0, 0.1) is 0 Å². The Morgan fingerprint density at radius 3 is 1.59 bits per heavy atom. The molecule has 1 aromatic heterocycles. The molecule has 0 saturated heterocycles. The normalized spacial score (nSPS) is 12.0. The fourth-order valence-electron chi connectivity index (χ4n) is 5.26. The molecule has 0 atom stereocenters. The second-order valence-electron chi connectivity index (χ2n) is 10.6. The number of hydrogen-bond donors (Lipinski definition) is 0. The van der Waals surface area contributed by atoms with Crippen LogP contribution in [-0.2, 0) is 11.3 Å². The van der Waals surface area contributed by atoms with Crippen molar-refractivity contribution in [3.63, 3.8) is 0 Å². The molecule has 0 saturated carbocycles. The van der Waals surface area contributed by atoms with Crippen LogP contribution in [0.4, 0.5) is 4.79 Å². The van der Waals surface area contributed by atoms with Crippen molar-refractivity contribution in [2.75, 3.05) is 6.16 Å². The minimum Gasteiger partial charge on any atom is -0.443 e. The highest BCUT2D eigenvalue weighted by atomic mass is 31.2. The second kappa shape index (κ2) is 11.0. The predicted molar refractivity (Wildman–Crippen MR) is 162 cm³/mol. The molecule has 0 aliphatic carbocycles. The molecule has 198 valence electrons. The van der Waals surface area contributed by atoms with E-state index in [1.807, 2.05) is 18.2 Å². The summed E-state index contributed by atoms with van der Waals surface area (Å²) in [5.41, 5.74) is 0.224. The maximum absolute atomic E-state index is 13.6. The Hall–Kier alpha value is -3.95. The third kappa shape index (κ3) is 5.32. The molecule has 0 N–H and O–H groups in total. The van der Waals surface area contributed by atoms with Gasteiger partial charge in [-0.2, -0.15) is 4.57 Å². The van der Waals surface area contributed by atoms with Gasteiger partial charge in [0.15, 0.2) is 0 Å². The Labute approximate surface area is 230 Å². The number of imidazole rings is 1. The summed E-state index contributed by atoms with van der Waals surface area (Å²) in [7, 11) is -2.02. The van der Waals surface area contributed by atoms with Crippen molar-refractivity contribution in [1.82, 2.24) is 9.13 Å². The number of hydrogen-bond acceptors (Lipinski definition) is 3. The molecule has 5 aromatic rings. The smallest absolute Gasteiger partial charge is 0.423 e. The Bertz CT molecular complexity index is 1520. The van der Waals surface area contributed by atoms with Gasteiger partial charge >= 0.3 is 11.8 Å². The summed E-state index contributed by atoms with van der Waals surface area (Å²) >= 11 is 0. The van der Waals surface area contributed by atoms with E-state index in [4.69, 9.17) is 4.74 Å². The van der Waals surface area contributed by atoms with Gasteiger partial charge in [-0.25, -0.2) is 9.59 Å². The van der Waals surface area contributed by atoms with Crippen LogP contribution in [0.25, 0.3) is 11.0 Å². The highest BCUT2D eigenvalue weighted by molar-refractivity contribution is 7.95. The monoisotopic (exact) mass is 537 g/mol. The van der Waals surface area contributed by atoms with E-state index in [0.717, 1.165) is 22.7 Å². The summed E-state index contributed by atoms with van der Waals surface area (Å²) in [4.78, 5) is 26.6. The highest BCUT2D eigenvalue weighted by Crippen LogP contribution is 2.55. The number of para-hydroxylation sites is 2. The van der Waals surface area contributed by atoms with Gasteiger partial charge in [0.1, 0.15) is 28.8 Å². The molecule has 4 aromatic carbocycles. The van der Waals surface area contributed by atoms with Crippen molar-refractivity contribution in [3.05, 3.63) is 126 Å². The first-order chi connectivity index (χ1) is 18.8. The van der Waals surface area contributed by atoms with Gasteiger partial charge in [0.2, 0.25) is 0 Å². The van der Waals surface area contributed by atoms with Gasteiger partial charge in [-0.15, -0.1) is 0 Å². The molecular formula is C33H34N2O3P+. The summed E-state index contributed by atoms with van der Waals surface area (Å²) in [6, 6.07) is 39.6. The van der Waals surface area contributed by atoms with Crippen LogP contribution in [0.3, 0.4) is 0 Å². The van der Waals surface area contributed by atoms with Gasteiger partial charge in [-0.05, 0) is 69.3 Å². The number of carbonyl (C=O) groups is 1. The van der Waals surface area contributed by atoms with Crippen molar-refractivity contribution in [2.24, 2.45) is 0 Å². The van der Waals surface area contributed by atoms with Crippen LogP contribution in [0.2, 0.25) is 0 Å². The fraction of sp³-hybridized carbons (Fsp3) is 0.212. The number of benzene rings is 4. The number of fused-ring (bicyclic) bond motifs is 1. The van der Waals surface area contributed by atoms with Crippen LogP contribution < -0.4 is 21.6 Å². The average Bonchev–Trinajstić information content (AvgIpc) is 3.23. The predicted octanol–water partition coefficient (Wildman–Crippen LogP) is 5.97. The standard InChI is InChI=1S/C33H34N2O3P/c1-33(2,3)38-32(37)35-30-23-14-13-22-29(30)34(31(35)36)24-15-25-39(26-16-7-4-8-17-26,27-18-9-5-10-19-27)28-20-11-6-12-21-28/h4-14,16-23H,15,24-25H2,1-3H3/q+1. The third-order valence-electron chi connectivity index (χ3n) is 6.88. The van der Waals surface area contributed by atoms with Gasteiger partial charge in [0.25, 0.3) is 0 Å². The van der Waals surface area contributed by atoms with Crippen molar-refractivity contribution >= 4 is 40.3 Å². The zero-order valence-electron chi connectivity index (χ0n) is 22.7. The minimum atomic E-state index is -2.02. The number of carbonyl (C=O) groups excluding carboxylic acids is 1. The van der Waals surface area contributed by atoms with Gasteiger partial charge in [0.05, 0.1) is 17.2 Å². The first-order valence-corrected chi connectivity index (χ1v) is 15.3. The summed E-state index contributed by atoms with van der Waals surface area (Å²) in [6.07, 6.45) is 0.986. The maximum Gasteiger partial charge on any atom is 0.423 e. The van der Waals surface area contributed by atoms with E-state index in [1.165, 1.54) is 15.9 Å². The van der Waals surface area contributed by atoms with E-state index in [2.05, 4.69) is 91.0 Å². The molecule has 0 aliphatic heterocycles. The molecule has 0 fully saturated rings. The summed E-state index contributed by atoms with van der Waals surface area (Å²) in [6.45, 7) is 5.89. The minimum absolute atomic E-state index is 0.367. The summed E-state index contributed by atoms with van der Waals surface area (Å²) in [5.74, 6) is 0. The average molecular weight is 538 g/mol. The molecular weight excluding hydrogens is 503 g/mol. The quantitative estimate of drug-likeness (QED) is 0.241. The Morgan fingerprint density at radius 2 is 1.13 bits per heavy atom. The van der Waals surface area contributed by atoms with E-state index in [0.29, 0.717) is 12.1 Å². The number of aromatic nitrogens is 2. The van der Waals surface area contributed by atoms with E-state index in [-0.39, 0.29) is 5.69 Å². The van der Waals surface area contributed by atoms with Crippen LogP contribution >= 0.6 is 7.26 Å². The molecule has 0 spiro atoms. The number of rotatable bonds is 7. The second-order valence-corrected chi connectivity index (χ2v) is 14.2. The number of ether oxygens (including phenoxy) is 1. The van der Waals surface area contributed by atoms with E-state index in [1.54, 1.807) is 31.4 Å². The Morgan fingerprint density at radius 1 is 0.692 bits per heavy atom. The van der Waals surface area contributed by atoms with Crippen molar-refractivity contribution in [1.29, 1.82) is 0 Å². The molecule has 5 rings (SSSR count). The van der Waals surface area contributed by atoms with Crippen LogP contribution in [0.5, 0.6) is 0 Å². The largest absolute Gasteiger partial charge is 0.443 e. The topological polar surface area (TPSA) is 53.2 Å². The van der Waals surface area contributed by atoms with Gasteiger partial charge in [-0.1, -0.05) is 66.7 Å². The van der Waals surface area contributed by atoms with Crippen LogP contribution in [0.1, 0.15) is 27.2 Å². The number of aryl methyl sites for hydroxylation is 1. The van der Waals surface area contributed by atoms with Crippen LogP contribution in [-0.4, -0.2) is 27.0 Å². The Kier molecular flexibility index (Phi) is 7.54. The fourth-order valence-corrected chi connectivity index (χ4v) is 9.58. The molecule has 6 heteroatoms. The molecule has 0 amide bonds. The van der Waals surface area contributed by atoms with Crippen LogP contribution in [0.15, 0.2) is 120 Å². The lowest BCUT2D eigenvalue weighted by atomic mass is 10.2. The number of nitrogens with zero attached hydrogens (tertiary/aromatic N) is 2. The summed E-state index contributed by atoms with van der Waals surface area (Å²) < 4.78 is 8.45. The Balaban J connectivity index is 1.56. The third-order valence-corrected chi connectivity index (χ3v) is 11.4. The molecule has 0 unspecified atom stereocenters. The van der Waals surface area contributed by atoms with Gasteiger partial charge in [-0.3, -0.25) is 4.57 Å². The molecule has 39 heavy (non-hydrogen) atoms. The molecule has 1 heterocycles. The van der Waals surface area contributed by atoms with Crippen molar-refractivity contribution in [3.8, 4) is 0 Å². The molecule has 0 bridgehead atoms. The summed E-state index contributed by atoms with van der Waals surface area (Å²) in [5, 5.41) is 3.93. The lowest BCUT2D eigenvalue weighted by Crippen LogP contribution is -2.35.